The highest BCUT2D eigenvalue weighted by molar-refractivity contribution is 5.68. The largest absolute Gasteiger partial charge is 0.493 e. The molecule has 2 aliphatic rings. The summed E-state index contributed by atoms with van der Waals surface area (Å²) in [5.41, 5.74) is 7.18. The van der Waals surface area contributed by atoms with Gasteiger partial charge in [-0.2, -0.15) is 4.98 Å². The molecule has 172 valence electrons. The van der Waals surface area contributed by atoms with E-state index in [1.165, 1.54) is 24.0 Å². The van der Waals surface area contributed by atoms with Gasteiger partial charge in [-0.25, -0.2) is 0 Å². The number of hydrogen-bond acceptors (Lipinski definition) is 7. The second-order valence-corrected chi connectivity index (χ2v) is 8.98. The summed E-state index contributed by atoms with van der Waals surface area (Å²) in [6.07, 6.45) is 6.76. The van der Waals surface area contributed by atoms with Crippen LogP contribution in [0.2, 0.25) is 0 Å². The van der Waals surface area contributed by atoms with Gasteiger partial charge in [0, 0.05) is 11.1 Å². The molecule has 1 atom stereocenters. The molecule has 0 bridgehead atoms. The molecule has 1 aliphatic carbocycles. The summed E-state index contributed by atoms with van der Waals surface area (Å²) in [4.78, 5) is 10.5. The van der Waals surface area contributed by atoms with Crippen LogP contribution in [0.5, 0.6) is 11.5 Å². The lowest BCUT2D eigenvalue weighted by Crippen LogP contribution is -2.23. The zero-order valence-electron chi connectivity index (χ0n) is 19.5. The Bertz CT molecular complexity index is 1200. The van der Waals surface area contributed by atoms with E-state index in [4.69, 9.17) is 18.8 Å². The van der Waals surface area contributed by atoms with Crippen LogP contribution in [-0.2, 0) is 10.4 Å². The Labute approximate surface area is 193 Å². The van der Waals surface area contributed by atoms with E-state index in [0.29, 0.717) is 11.7 Å². The molecule has 1 aliphatic heterocycles. The van der Waals surface area contributed by atoms with Crippen LogP contribution in [0.25, 0.3) is 17.1 Å². The number of methoxy groups -OCH3 is 1. The van der Waals surface area contributed by atoms with Crippen molar-refractivity contribution in [2.75, 3.05) is 7.11 Å². The maximum atomic E-state index is 6.24. The van der Waals surface area contributed by atoms with Gasteiger partial charge in [-0.3, -0.25) is 10.3 Å². The number of rotatable bonds is 6. The molecule has 1 fully saturated rings. The molecule has 0 saturated heterocycles. The van der Waals surface area contributed by atoms with Gasteiger partial charge in [-0.1, -0.05) is 17.3 Å². The predicted molar refractivity (Wildman–Crippen MR) is 125 cm³/mol. The van der Waals surface area contributed by atoms with Crippen molar-refractivity contribution < 1.29 is 18.8 Å². The summed E-state index contributed by atoms with van der Waals surface area (Å²) in [5.74, 6) is 2.39. The number of aromatic nitrogens is 2. The Kier molecular flexibility index (Phi) is 5.58. The van der Waals surface area contributed by atoms with Crippen molar-refractivity contribution >= 4 is 5.70 Å². The standard InChI is InChI=1S/C26H29N3O4/c1-16-9-10-19(13-17(16)2)24-27-25(32-29-24)26(3)15-21(28-33-26)18-11-12-22(30-4)23(14-18)31-20-7-5-6-8-20/h9-15,20,28H,5-8H2,1-4H3. The summed E-state index contributed by atoms with van der Waals surface area (Å²) in [7, 11) is 1.66. The summed E-state index contributed by atoms with van der Waals surface area (Å²) < 4.78 is 17.4. The third-order valence-corrected chi connectivity index (χ3v) is 6.48. The molecule has 0 amide bonds. The van der Waals surface area contributed by atoms with Crippen molar-refractivity contribution in [2.45, 2.75) is 58.2 Å². The third kappa shape index (κ3) is 4.20. The average Bonchev–Trinajstić information content (AvgIpc) is 3.57. The molecule has 2 aromatic carbocycles. The van der Waals surface area contributed by atoms with Gasteiger partial charge < -0.3 is 14.0 Å². The van der Waals surface area contributed by atoms with Gasteiger partial charge in [0.25, 0.3) is 5.89 Å². The minimum Gasteiger partial charge on any atom is -0.493 e. The summed E-state index contributed by atoms with van der Waals surface area (Å²) in [5, 5.41) is 4.18. The van der Waals surface area contributed by atoms with Crippen LogP contribution >= 0.6 is 0 Å². The van der Waals surface area contributed by atoms with Crippen molar-refractivity contribution in [3.8, 4) is 22.9 Å². The highest BCUT2D eigenvalue weighted by Gasteiger charge is 2.38. The second kappa shape index (κ2) is 8.56. The van der Waals surface area contributed by atoms with Crippen molar-refractivity contribution in [1.29, 1.82) is 0 Å². The third-order valence-electron chi connectivity index (χ3n) is 6.48. The maximum Gasteiger partial charge on any atom is 0.265 e. The molecule has 1 N–H and O–H groups in total. The molecule has 1 unspecified atom stereocenters. The summed E-state index contributed by atoms with van der Waals surface area (Å²) >= 11 is 0. The first-order valence-corrected chi connectivity index (χ1v) is 11.4. The molecule has 1 saturated carbocycles. The number of hydroxylamine groups is 1. The van der Waals surface area contributed by atoms with Crippen LogP contribution < -0.4 is 15.0 Å². The first-order chi connectivity index (χ1) is 15.9. The topological polar surface area (TPSA) is 78.6 Å². The fraction of sp³-hybridized carbons (Fsp3) is 0.385. The number of benzene rings is 2. The summed E-state index contributed by atoms with van der Waals surface area (Å²) in [6.45, 7) is 6.04. The Morgan fingerprint density at radius 1 is 1.00 bits per heavy atom. The highest BCUT2D eigenvalue weighted by atomic mass is 16.7. The summed E-state index contributed by atoms with van der Waals surface area (Å²) in [6, 6.07) is 12.0. The SMILES string of the molecule is COc1ccc(C2=CC(C)(c3nc(-c4ccc(C)c(C)c4)no3)ON2)cc1OC1CCCC1. The second-order valence-electron chi connectivity index (χ2n) is 8.98. The minimum atomic E-state index is -0.896. The van der Waals surface area contributed by atoms with Crippen LogP contribution in [0.4, 0.5) is 0 Å². The average molecular weight is 448 g/mol. The van der Waals surface area contributed by atoms with Crippen molar-refractivity contribution in [1.82, 2.24) is 15.6 Å². The zero-order valence-corrected chi connectivity index (χ0v) is 19.5. The lowest BCUT2D eigenvalue weighted by Gasteiger charge is -2.17. The molecule has 3 aromatic rings. The number of hydrogen-bond donors (Lipinski definition) is 1. The van der Waals surface area contributed by atoms with Crippen molar-refractivity contribution in [3.63, 3.8) is 0 Å². The molecular weight excluding hydrogens is 418 g/mol. The Balaban J connectivity index is 1.41. The van der Waals surface area contributed by atoms with Crippen LogP contribution in [0.1, 0.15) is 55.2 Å². The Hall–Kier alpha value is -3.32. The normalized spacial score (nSPS) is 20.5. The number of nitrogens with zero attached hydrogens (tertiary/aromatic N) is 2. The maximum absolute atomic E-state index is 6.24. The smallest absolute Gasteiger partial charge is 0.265 e. The van der Waals surface area contributed by atoms with E-state index >= 15 is 0 Å². The van der Waals surface area contributed by atoms with E-state index in [1.807, 2.05) is 37.3 Å². The molecular formula is C26H29N3O4. The lowest BCUT2D eigenvalue weighted by atomic mass is 10.0. The van der Waals surface area contributed by atoms with E-state index < -0.39 is 5.60 Å². The molecule has 2 heterocycles. The zero-order chi connectivity index (χ0) is 23.0. The number of aryl methyl sites for hydroxylation is 2. The quantitative estimate of drug-likeness (QED) is 0.536. The van der Waals surface area contributed by atoms with Gasteiger partial charge in [0.1, 0.15) is 0 Å². The van der Waals surface area contributed by atoms with Crippen LogP contribution in [0.3, 0.4) is 0 Å². The van der Waals surface area contributed by atoms with Gasteiger partial charge in [0.05, 0.1) is 18.9 Å². The highest BCUT2D eigenvalue weighted by Crippen LogP contribution is 2.38. The van der Waals surface area contributed by atoms with Crippen molar-refractivity contribution in [3.05, 3.63) is 65.1 Å². The fourth-order valence-electron chi connectivity index (χ4n) is 4.29. The lowest BCUT2D eigenvalue weighted by molar-refractivity contribution is -0.0445. The van der Waals surface area contributed by atoms with Crippen molar-refractivity contribution in [2.24, 2.45) is 0 Å². The molecule has 33 heavy (non-hydrogen) atoms. The number of nitrogens with one attached hydrogen (secondary N) is 1. The first kappa shape index (κ1) is 21.5. The molecule has 0 spiro atoms. The van der Waals surface area contributed by atoms with Gasteiger partial charge in [-0.15, -0.1) is 0 Å². The molecule has 5 rings (SSSR count). The molecule has 0 radical (unpaired) electrons. The van der Waals surface area contributed by atoms with Gasteiger partial charge in [0.2, 0.25) is 5.82 Å². The first-order valence-electron chi connectivity index (χ1n) is 11.4. The Morgan fingerprint density at radius 3 is 2.55 bits per heavy atom. The van der Waals surface area contributed by atoms with E-state index in [2.05, 4.69) is 41.6 Å². The van der Waals surface area contributed by atoms with Crippen LogP contribution in [-0.4, -0.2) is 23.4 Å². The number of ether oxygens (including phenoxy) is 2. The predicted octanol–water partition coefficient (Wildman–Crippen LogP) is 5.47. The van der Waals surface area contributed by atoms with E-state index in [-0.39, 0.29) is 6.10 Å². The molecule has 1 aromatic heterocycles. The van der Waals surface area contributed by atoms with Crippen LogP contribution in [0, 0.1) is 13.8 Å². The van der Waals surface area contributed by atoms with Gasteiger partial charge in [-0.05, 0) is 87.9 Å². The van der Waals surface area contributed by atoms with Gasteiger partial charge in [0.15, 0.2) is 17.1 Å². The van der Waals surface area contributed by atoms with Gasteiger partial charge >= 0.3 is 0 Å². The monoisotopic (exact) mass is 447 g/mol. The van der Waals surface area contributed by atoms with Crippen LogP contribution in [0.15, 0.2) is 47.0 Å². The fourth-order valence-corrected chi connectivity index (χ4v) is 4.29. The van der Waals surface area contributed by atoms with E-state index in [1.54, 1.807) is 7.11 Å². The molecule has 7 nitrogen and oxygen atoms in total. The van der Waals surface area contributed by atoms with E-state index in [9.17, 15) is 0 Å². The Morgan fingerprint density at radius 2 is 1.79 bits per heavy atom. The minimum absolute atomic E-state index is 0.239. The van der Waals surface area contributed by atoms with E-state index in [0.717, 1.165) is 41.2 Å². The molecule has 7 heteroatoms.